The lowest BCUT2D eigenvalue weighted by atomic mass is 9.90. The van der Waals surface area contributed by atoms with Gasteiger partial charge in [-0.2, -0.15) is 0 Å². The first-order chi connectivity index (χ1) is 11.0. The summed E-state index contributed by atoms with van der Waals surface area (Å²) >= 11 is 0. The Balaban J connectivity index is 1.56. The number of ether oxygens (including phenoxy) is 1. The number of benzene rings is 1. The summed E-state index contributed by atoms with van der Waals surface area (Å²) in [6, 6.07) is 6.03. The SMILES string of the molecule is O=C(OCC1CCCCC1)c1ccc(S(=O)(=O)NC2CC2)cc1. The maximum atomic E-state index is 12.1. The van der Waals surface area contributed by atoms with Gasteiger partial charge in [0.1, 0.15) is 0 Å². The van der Waals surface area contributed by atoms with Crippen LogP contribution in [0.5, 0.6) is 0 Å². The van der Waals surface area contributed by atoms with Gasteiger partial charge >= 0.3 is 5.97 Å². The molecule has 1 aromatic carbocycles. The molecule has 0 saturated heterocycles. The van der Waals surface area contributed by atoms with Crippen LogP contribution in [0.15, 0.2) is 29.2 Å². The molecule has 1 N–H and O–H groups in total. The Morgan fingerprint density at radius 1 is 1.04 bits per heavy atom. The van der Waals surface area contributed by atoms with E-state index in [4.69, 9.17) is 4.74 Å². The van der Waals surface area contributed by atoms with Gasteiger partial charge in [0.2, 0.25) is 10.0 Å². The van der Waals surface area contributed by atoms with Gasteiger partial charge in [0.05, 0.1) is 17.1 Å². The molecule has 2 aliphatic rings. The summed E-state index contributed by atoms with van der Waals surface area (Å²) in [7, 11) is -3.47. The fraction of sp³-hybridized carbons (Fsp3) is 0.588. The number of esters is 1. The highest BCUT2D eigenvalue weighted by Gasteiger charge is 2.28. The maximum Gasteiger partial charge on any atom is 0.338 e. The van der Waals surface area contributed by atoms with Crippen molar-refractivity contribution in [1.82, 2.24) is 4.72 Å². The molecule has 2 aliphatic carbocycles. The zero-order chi connectivity index (χ0) is 16.3. The Morgan fingerprint density at radius 2 is 1.70 bits per heavy atom. The average Bonchev–Trinajstić information content (AvgIpc) is 3.37. The monoisotopic (exact) mass is 337 g/mol. The standard InChI is InChI=1S/C17H23NO4S/c19-17(22-12-13-4-2-1-3-5-13)14-6-10-16(11-7-14)23(20,21)18-15-8-9-15/h6-7,10-11,13,15,18H,1-5,8-9,12H2. The molecule has 3 rings (SSSR count). The van der Waals surface area contributed by atoms with Gasteiger partial charge in [0.25, 0.3) is 0 Å². The Kier molecular flexibility index (Phi) is 5.02. The van der Waals surface area contributed by atoms with Crippen LogP contribution in [0.25, 0.3) is 0 Å². The fourth-order valence-corrected chi connectivity index (χ4v) is 4.19. The Labute approximate surface area is 137 Å². The van der Waals surface area contributed by atoms with E-state index in [0.717, 1.165) is 25.7 Å². The second-order valence-electron chi connectivity index (χ2n) is 6.52. The molecule has 2 saturated carbocycles. The van der Waals surface area contributed by atoms with Crippen LogP contribution in [0, 0.1) is 5.92 Å². The quantitative estimate of drug-likeness (QED) is 0.810. The number of carbonyl (C=O) groups excluding carboxylic acids is 1. The minimum Gasteiger partial charge on any atom is -0.462 e. The van der Waals surface area contributed by atoms with Gasteiger partial charge in [-0.1, -0.05) is 19.3 Å². The van der Waals surface area contributed by atoms with Crippen molar-refractivity contribution < 1.29 is 17.9 Å². The normalized spacial score (nSPS) is 19.5. The number of rotatable bonds is 6. The van der Waals surface area contributed by atoms with Crippen molar-refractivity contribution >= 4 is 16.0 Å². The molecular formula is C17H23NO4S. The third-order valence-electron chi connectivity index (χ3n) is 4.47. The highest BCUT2D eigenvalue weighted by atomic mass is 32.2. The van der Waals surface area contributed by atoms with Crippen LogP contribution in [0.2, 0.25) is 0 Å². The molecule has 0 atom stereocenters. The maximum absolute atomic E-state index is 12.1. The second kappa shape index (κ2) is 7.01. The Hall–Kier alpha value is -1.40. The highest BCUT2D eigenvalue weighted by Crippen LogP contribution is 2.24. The minimum atomic E-state index is -3.47. The van der Waals surface area contributed by atoms with E-state index in [1.54, 1.807) is 0 Å². The van der Waals surface area contributed by atoms with Gasteiger partial charge in [0, 0.05) is 6.04 Å². The molecule has 0 unspecified atom stereocenters. The van der Waals surface area contributed by atoms with E-state index in [9.17, 15) is 13.2 Å². The molecule has 6 heteroatoms. The summed E-state index contributed by atoms with van der Waals surface area (Å²) in [6.07, 6.45) is 7.73. The van der Waals surface area contributed by atoms with E-state index in [-0.39, 0.29) is 16.9 Å². The molecule has 0 aliphatic heterocycles. The molecule has 0 amide bonds. The largest absolute Gasteiger partial charge is 0.462 e. The van der Waals surface area contributed by atoms with Gasteiger partial charge in [0.15, 0.2) is 0 Å². The van der Waals surface area contributed by atoms with Gasteiger partial charge < -0.3 is 4.74 Å². The third kappa shape index (κ3) is 4.54. The molecule has 5 nitrogen and oxygen atoms in total. The summed E-state index contributed by atoms with van der Waals surface area (Å²) in [5, 5.41) is 0. The first kappa shape index (κ1) is 16.5. The molecule has 1 aromatic rings. The lowest BCUT2D eigenvalue weighted by molar-refractivity contribution is 0.0410. The third-order valence-corrected chi connectivity index (χ3v) is 6.01. The van der Waals surface area contributed by atoms with E-state index < -0.39 is 10.0 Å². The summed E-state index contributed by atoms with van der Waals surface area (Å²) in [5.74, 6) is 0.0877. The van der Waals surface area contributed by atoms with Crippen molar-refractivity contribution in [1.29, 1.82) is 0 Å². The molecule has 0 bridgehead atoms. The van der Waals surface area contributed by atoms with E-state index >= 15 is 0 Å². The number of hydrogen-bond acceptors (Lipinski definition) is 4. The summed E-state index contributed by atoms with van der Waals surface area (Å²) in [4.78, 5) is 12.2. The molecule has 126 valence electrons. The molecule has 0 aromatic heterocycles. The lowest BCUT2D eigenvalue weighted by Crippen LogP contribution is -2.25. The van der Waals surface area contributed by atoms with E-state index in [0.29, 0.717) is 18.1 Å². The van der Waals surface area contributed by atoms with E-state index in [1.807, 2.05) is 0 Å². The van der Waals surface area contributed by atoms with Crippen molar-refractivity contribution in [3.8, 4) is 0 Å². The van der Waals surface area contributed by atoms with E-state index in [2.05, 4.69) is 4.72 Å². The molecular weight excluding hydrogens is 314 g/mol. The van der Waals surface area contributed by atoms with Crippen molar-refractivity contribution in [2.24, 2.45) is 5.92 Å². The smallest absolute Gasteiger partial charge is 0.338 e. The average molecular weight is 337 g/mol. The predicted octanol–water partition coefficient (Wildman–Crippen LogP) is 2.86. The molecule has 23 heavy (non-hydrogen) atoms. The van der Waals surface area contributed by atoms with Crippen LogP contribution in [0.3, 0.4) is 0 Å². The number of carbonyl (C=O) groups is 1. The Morgan fingerprint density at radius 3 is 2.30 bits per heavy atom. The first-order valence-electron chi connectivity index (χ1n) is 8.34. The highest BCUT2D eigenvalue weighted by molar-refractivity contribution is 7.89. The van der Waals surface area contributed by atoms with Crippen molar-refractivity contribution in [2.75, 3.05) is 6.61 Å². The van der Waals surface area contributed by atoms with Crippen LogP contribution >= 0.6 is 0 Å². The van der Waals surface area contributed by atoms with E-state index in [1.165, 1.54) is 43.5 Å². The zero-order valence-electron chi connectivity index (χ0n) is 13.2. The first-order valence-corrected chi connectivity index (χ1v) is 9.82. The molecule has 0 heterocycles. The van der Waals surface area contributed by atoms with Crippen LogP contribution in [-0.2, 0) is 14.8 Å². The molecule has 2 fully saturated rings. The summed E-state index contributed by atoms with van der Waals surface area (Å²) < 4.78 is 32.1. The van der Waals surface area contributed by atoms with Crippen molar-refractivity contribution in [3.63, 3.8) is 0 Å². The van der Waals surface area contributed by atoms with Crippen molar-refractivity contribution in [3.05, 3.63) is 29.8 Å². The van der Waals surface area contributed by atoms with Crippen molar-refractivity contribution in [2.45, 2.75) is 55.9 Å². The number of hydrogen-bond donors (Lipinski definition) is 1. The Bertz CT molecular complexity index is 644. The predicted molar refractivity (Wildman–Crippen MR) is 86.6 cm³/mol. The minimum absolute atomic E-state index is 0.0696. The molecule has 0 spiro atoms. The van der Waals surface area contributed by atoms with Crippen LogP contribution in [-0.4, -0.2) is 27.0 Å². The van der Waals surface area contributed by atoms with Gasteiger partial charge in [-0.05, 0) is 55.9 Å². The van der Waals surface area contributed by atoms with Gasteiger partial charge in [-0.25, -0.2) is 17.9 Å². The summed E-state index contributed by atoms with van der Waals surface area (Å²) in [6.45, 7) is 0.460. The summed E-state index contributed by atoms with van der Waals surface area (Å²) in [5.41, 5.74) is 0.395. The topological polar surface area (TPSA) is 72.5 Å². The van der Waals surface area contributed by atoms with Crippen LogP contribution < -0.4 is 4.72 Å². The molecule has 0 radical (unpaired) electrons. The lowest BCUT2D eigenvalue weighted by Gasteiger charge is -2.21. The second-order valence-corrected chi connectivity index (χ2v) is 8.24. The van der Waals surface area contributed by atoms with Crippen LogP contribution in [0.4, 0.5) is 0 Å². The number of nitrogens with one attached hydrogen (secondary N) is 1. The fourth-order valence-electron chi connectivity index (χ4n) is 2.89. The van der Waals surface area contributed by atoms with Crippen LogP contribution in [0.1, 0.15) is 55.3 Å². The van der Waals surface area contributed by atoms with Gasteiger partial charge in [-0.3, -0.25) is 0 Å². The number of sulfonamides is 1. The zero-order valence-corrected chi connectivity index (χ0v) is 14.0. The van der Waals surface area contributed by atoms with Gasteiger partial charge in [-0.15, -0.1) is 0 Å².